The van der Waals surface area contributed by atoms with Crippen LogP contribution in [0.3, 0.4) is 0 Å². The molecule has 13 heteroatoms. The average Bonchev–Trinajstić information content (AvgIpc) is 3.60. The molecule has 1 saturated heterocycles. The highest BCUT2D eigenvalue weighted by molar-refractivity contribution is 7.90. The lowest BCUT2D eigenvalue weighted by molar-refractivity contribution is -0.120. The van der Waals surface area contributed by atoms with E-state index in [1.807, 2.05) is 0 Å². The van der Waals surface area contributed by atoms with E-state index in [9.17, 15) is 31.2 Å². The summed E-state index contributed by atoms with van der Waals surface area (Å²) in [5.41, 5.74) is -3.81. The summed E-state index contributed by atoms with van der Waals surface area (Å²) < 4.78 is 72.5. The molecule has 0 unspecified atom stereocenters. The molecule has 1 aliphatic rings. The van der Waals surface area contributed by atoms with Crippen molar-refractivity contribution < 1.29 is 40.3 Å². The number of likely N-dealkylation sites (tertiary alicyclic amines) is 1. The van der Waals surface area contributed by atoms with Crippen molar-refractivity contribution in [2.24, 2.45) is 0 Å². The molecule has 1 N–H and O–H groups in total. The molecule has 1 aromatic carbocycles. The second kappa shape index (κ2) is 15.5. The molecule has 234 valence electrons. The smallest absolute Gasteiger partial charge is 0.497 e. The Hall–Kier alpha value is -2.93. The molecule has 0 saturated carbocycles. The molecule has 3 rings (SSSR count). The van der Waals surface area contributed by atoms with Crippen molar-refractivity contribution in [1.29, 1.82) is 0 Å². The predicted molar refractivity (Wildman–Crippen MR) is 150 cm³/mol. The third-order valence-electron chi connectivity index (χ3n) is 7.42. The molecule has 1 aliphatic heterocycles. The summed E-state index contributed by atoms with van der Waals surface area (Å²) in [4.78, 5) is 31.3. The number of carbonyl (C=O) groups is 2. The van der Waals surface area contributed by atoms with Crippen molar-refractivity contribution in [3.05, 3.63) is 47.2 Å². The fourth-order valence-electron chi connectivity index (χ4n) is 5.08. The van der Waals surface area contributed by atoms with Gasteiger partial charge in [0.1, 0.15) is 17.7 Å². The Morgan fingerprint density at radius 2 is 1.81 bits per heavy atom. The lowest BCUT2D eigenvalue weighted by atomic mass is 10.0. The number of ether oxygens (including phenoxy) is 1. The molecule has 1 atom stereocenters. The normalized spacial score (nSPS) is 16.1. The number of sulfonamides is 1. The first-order valence-corrected chi connectivity index (χ1v) is 15.9. The minimum atomic E-state index is -5.76. The van der Waals surface area contributed by atoms with Gasteiger partial charge in [0.2, 0.25) is 11.8 Å². The fourth-order valence-corrected chi connectivity index (χ4v) is 5.60. The van der Waals surface area contributed by atoms with Gasteiger partial charge >= 0.3 is 15.5 Å². The molecule has 9 nitrogen and oxygen atoms in total. The molecule has 1 fully saturated rings. The number of rotatable bonds is 17. The number of methoxy groups -OCH3 is 1. The summed E-state index contributed by atoms with van der Waals surface area (Å²) >= 11 is 0. The van der Waals surface area contributed by atoms with E-state index in [2.05, 4.69) is 16.8 Å². The van der Waals surface area contributed by atoms with E-state index in [-0.39, 0.29) is 18.2 Å². The van der Waals surface area contributed by atoms with Crippen LogP contribution in [0.25, 0.3) is 0 Å². The van der Waals surface area contributed by atoms with E-state index in [0.29, 0.717) is 35.9 Å². The van der Waals surface area contributed by atoms with Crippen LogP contribution in [-0.4, -0.2) is 49.2 Å². The van der Waals surface area contributed by atoms with E-state index >= 15 is 0 Å². The maximum atomic E-state index is 12.7. The van der Waals surface area contributed by atoms with Gasteiger partial charge in [0, 0.05) is 19.4 Å². The quantitative estimate of drug-likeness (QED) is 0.164. The number of amides is 1. The van der Waals surface area contributed by atoms with Crippen LogP contribution >= 0.6 is 0 Å². The van der Waals surface area contributed by atoms with Gasteiger partial charge in [-0.25, -0.2) is 9.71 Å². The van der Waals surface area contributed by atoms with Crippen LogP contribution in [0.4, 0.5) is 13.2 Å². The van der Waals surface area contributed by atoms with Crippen molar-refractivity contribution in [3.8, 4) is 5.75 Å². The van der Waals surface area contributed by atoms with Gasteiger partial charge in [0.05, 0.1) is 13.2 Å². The molecular weight excluding hydrogens is 575 g/mol. The Morgan fingerprint density at radius 3 is 2.50 bits per heavy atom. The van der Waals surface area contributed by atoms with Gasteiger partial charge in [-0.05, 0) is 55.5 Å². The number of aryl methyl sites for hydroxylation is 1. The van der Waals surface area contributed by atoms with Gasteiger partial charge in [-0.15, -0.1) is 0 Å². The summed E-state index contributed by atoms with van der Waals surface area (Å²) in [6.45, 7) is 3.30. The van der Waals surface area contributed by atoms with Crippen LogP contribution in [0.1, 0.15) is 111 Å². The summed E-state index contributed by atoms with van der Waals surface area (Å²) in [6, 6.07) is 4.98. The molecule has 1 aromatic heterocycles. The van der Waals surface area contributed by atoms with Gasteiger partial charge in [0.15, 0.2) is 5.78 Å². The fraction of sp³-hybridized carbons (Fsp3) is 0.621. The second-order valence-corrected chi connectivity index (χ2v) is 12.3. The molecule has 0 radical (unpaired) electrons. The topological polar surface area (TPSA) is 119 Å². The highest BCUT2D eigenvalue weighted by atomic mass is 32.2. The van der Waals surface area contributed by atoms with Crippen molar-refractivity contribution in [1.82, 2.24) is 14.6 Å². The van der Waals surface area contributed by atoms with Gasteiger partial charge in [0.25, 0.3) is 0 Å². The van der Waals surface area contributed by atoms with E-state index < -0.39 is 27.9 Å². The van der Waals surface area contributed by atoms with E-state index in [4.69, 9.17) is 9.15 Å². The lowest BCUT2D eigenvalue weighted by Crippen LogP contribution is -2.40. The van der Waals surface area contributed by atoms with Gasteiger partial charge in [-0.1, -0.05) is 51.5 Å². The van der Waals surface area contributed by atoms with Crippen molar-refractivity contribution in [2.45, 2.75) is 102 Å². The number of halogens is 3. The number of nitrogens with one attached hydrogen (secondary N) is 1. The monoisotopic (exact) mass is 615 g/mol. The number of benzene rings is 1. The van der Waals surface area contributed by atoms with Gasteiger partial charge in [-0.2, -0.15) is 21.6 Å². The number of Topliss-reactive ketones (excluding diaryl/α,β-unsaturated/α-hetero) is 1. The van der Waals surface area contributed by atoms with Crippen molar-refractivity contribution >= 4 is 21.7 Å². The predicted octanol–water partition coefficient (Wildman–Crippen LogP) is 6.24. The van der Waals surface area contributed by atoms with E-state index in [0.717, 1.165) is 48.9 Å². The SMILES string of the molecule is CCCCCCCCCC(=O)c1coc([C@@H]2CCCN2Cc2cc(OC)ccc2CCC(=O)NS(=O)(=O)C(F)(F)F)n1. The Morgan fingerprint density at radius 1 is 1.10 bits per heavy atom. The highest BCUT2D eigenvalue weighted by Gasteiger charge is 2.46. The number of aromatic nitrogens is 1. The molecular formula is C29H40F3N3O6S. The number of nitrogens with zero attached hydrogens (tertiary/aromatic N) is 2. The number of unbranched alkanes of at least 4 members (excludes halogenated alkanes) is 6. The van der Waals surface area contributed by atoms with Gasteiger partial charge in [-0.3, -0.25) is 14.5 Å². The van der Waals surface area contributed by atoms with E-state index in [1.165, 1.54) is 39.1 Å². The maximum absolute atomic E-state index is 12.7. The molecule has 42 heavy (non-hydrogen) atoms. The van der Waals surface area contributed by atoms with Crippen LogP contribution in [-0.2, 0) is 27.8 Å². The Bertz CT molecular complexity index is 1300. The molecule has 2 aromatic rings. The minimum Gasteiger partial charge on any atom is -0.497 e. The zero-order chi connectivity index (χ0) is 30.8. The molecule has 0 spiro atoms. The average molecular weight is 616 g/mol. The van der Waals surface area contributed by atoms with Crippen LogP contribution in [0.5, 0.6) is 5.75 Å². The Balaban J connectivity index is 1.62. The highest BCUT2D eigenvalue weighted by Crippen LogP contribution is 2.34. The summed E-state index contributed by atoms with van der Waals surface area (Å²) in [5, 5.41) is 0. The third kappa shape index (κ3) is 9.55. The first-order valence-electron chi connectivity index (χ1n) is 14.5. The van der Waals surface area contributed by atoms with Crippen molar-refractivity contribution in [3.63, 3.8) is 0 Å². The number of hydrogen-bond acceptors (Lipinski definition) is 8. The first kappa shape index (κ1) is 33.6. The maximum Gasteiger partial charge on any atom is 0.516 e. The number of oxazole rings is 1. The zero-order valence-corrected chi connectivity index (χ0v) is 25.0. The second-order valence-electron chi connectivity index (χ2n) is 10.6. The van der Waals surface area contributed by atoms with Crippen molar-refractivity contribution in [2.75, 3.05) is 13.7 Å². The Kier molecular flexibility index (Phi) is 12.4. The van der Waals surface area contributed by atoms with Crippen LogP contribution in [0, 0.1) is 0 Å². The molecule has 1 amide bonds. The molecule has 0 aliphatic carbocycles. The summed E-state index contributed by atoms with van der Waals surface area (Å²) in [5.74, 6) is -0.273. The van der Waals surface area contributed by atoms with E-state index in [1.54, 1.807) is 18.2 Å². The summed E-state index contributed by atoms with van der Waals surface area (Å²) in [6.07, 6.45) is 10.9. The minimum absolute atomic E-state index is 0.0211. The third-order valence-corrected chi connectivity index (χ3v) is 8.53. The Labute approximate surface area is 245 Å². The van der Waals surface area contributed by atoms with Crippen LogP contribution in [0.2, 0.25) is 0 Å². The summed E-state index contributed by atoms with van der Waals surface area (Å²) in [7, 11) is -4.26. The molecule has 0 bridgehead atoms. The molecule has 2 heterocycles. The number of hydrogen-bond donors (Lipinski definition) is 1. The lowest BCUT2D eigenvalue weighted by Gasteiger charge is -2.24. The van der Waals surface area contributed by atoms with Crippen LogP contribution < -0.4 is 9.46 Å². The largest absolute Gasteiger partial charge is 0.516 e. The standard InChI is InChI=1S/C29H40F3N3O6S/c1-3-4-5-6-7-8-9-12-26(36)24-20-41-28(33-24)25-11-10-17-35(25)19-22-18-23(40-2)15-13-21(22)14-16-27(37)34-42(38,39)29(30,31)32/h13,15,18,20,25H,3-12,14,16-17,19H2,1-2H3,(H,34,37)/t25-/m0/s1. The van der Waals surface area contributed by atoms with Gasteiger partial charge < -0.3 is 9.15 Å². The number of ketones is 1. The number of alkyl halides is 3. The number of carbonyl (C=O) groups excluding carboxylic acids is 2. The van der Waals surface area contributed by atoms with Crippen LogP contribution in [0.15, 0.2) is 28.9 Å². The zero-order valence-electron chi connectivity index (χ0n) is 24.2. The first-order chi connectivity index (χ1) is 19.9.